The molecule has 0 aliphatic carbocycles. The van der Waals surface area contributed by atoms with Crippen molar-refractivity contribution in [2.45, 2.75) is 6.92 Å². The van der Waals surface area contributed by atoms with Crippen LogP contribution in [0.4, 0.5) is 0 Å². The van der Waals surface area contributed by atoms with E-state index in [1.807, 2.05) is 41.9 Å². The number of nitrogens with zero attached hydrogens (tertiary/aromatic N) is 2. The van der Waals surface area contributed by atoms with Gasteiger partial charge in [0.05, 0.1) is 17.1 Å². The number of hydrogen-bond donors (Lipinski definition) is 0. The standard InChI is InChI=1S/C16H13BrN2/c1-12-11-16(13-5-3-2-4-6-13)19(18-12)15-9-7-14(17)8-10-15/h2-11H,1H3. The summed E-state index contributed by atoms with van der Waals surface area (Å²) in [5.74, 6) is 0. The molecular formula is C16H13BrN2. The van der Waals surface area contributed by atoms with Crippen LogP contribution in [0.15, 0.2) is 65.1 Å². The van der Waals surface area contributed by atoms with Gasteiger partial charge in [-0.3, -0.25) is 0 Å². The number of halogens is 1. The Labute approximate surface area is 120 Å². The van der Waals surface area contributed by atoms with E-state index < -0.39 is 0 Å². The third-order valence-corrected chi connectivity index (χ3v) is 3.50. The van der Waals surface area contributed by atoms with Crippen molar-refractivity contribution in [3.8, 4) is 16.9 Å². The molecule has 2 nitrogen and oxygen atoms in total. The third-order valence-electron chi connectivity index (χ3n) is 2.97. The molecule has 0 saturated heterocycles. The van der Waals surface area contributed by atoms with Gasteiger partial charge < -0.3 is 0 Å². The molecule has 0 saturated carbocycles. The molecule has 0 spiro atoms. The molecule has 0 N–H and O–H groups in total. The van der Waals surface area contributed by atoms with Gasteiger partial charge in [-0.2, -0.15) is 5.10 Å². The number of aryl methyl sites for hydroxylation is 1. The van der Waals surface area contributed by atoms with Crippen LogP contribution in [0.1, 0.15) is 5.69 Å². The highest BCUT2D eigenvalue weighted by Crippen LogP contribution is 2.24. The van der Waals surface area contributed by atoms with Gasteiger partial charge in [-0.1, -0.05) is 46.3 Å². The molecule has 0 amide bonds. The van der Waals surface area contributed by atoms with Gasteiger partial charge >= 0.3 is 0 Å². The minimum absolute atomic E-state index is 1.02. The van der Waals surface area contributed by atoms with Gasteiger partial charge in [0.15, 0.2) is 0 Å². The second-order valence-electron chi connectivity index (χ2n) is 4.43. The van der Waals surface area contributed by atoms with E-state index >= 15 is 0 Å². The van der Waals surface area contributed by atoms with Crippen LogP contribution in [0.5, 0.6) is 0 Å². The maximum absolute atomic E-state index is 4.59. The lowest BCUT2D eigenvalue weighted by molar-refractivity contribution is 0.869. The van der Waals surface area contributed by atoms with E-state index in [2.05, 4.69) is 51.4 Å². The largest absolute Gasteiger partial charge is 0.233 e. The van der Waals surface area contributed by atoms with Crippen molar-refractivity contribution in [2.24, 2.45) is 0 Å². The molecule has 1 heterocycles. The van der Waals surface area contributed by atoms with Gasteiger partial charge in [-0.15, -0.1) is 0 Å². The van der Waals surface area contributed by atoms with Crippen LogP contribution in [0, 0.1) is 6.92 Å². The molecule has 94 valence electrons. The Morgan fingerprint density at radius 3 is 2.32 bits per heavy atom. The Morgan fingerprint density at radius 2 is 1.63 bits per heavy atom. The summed E-state index contributed by atoms with van der Waals surface area (Å²) >= 11 is 3.46. The summed E-state index contributed by atoms with van der Waals surface area (Å²) < 4.78 is 3.05. The second-order valence-corrected chi connectivity index (χ2v) is 5.34. The van der Waals surface area contributed by atoms with Crippen LogP contribution in [-0.4, -0.2) is 9.78 Å². The molecule has 0 aliphatic heterocycles. The molecule has 0 bridgehead atoms. The summed E-state index contributed by atoms with van der Waals surface area (Å²) in [7, 11) is 0. The SMILES string of the molecule is Cc1cc(-c2ccccc2)n(-c2ccc(Br)cc2)n1. The summed E-state index contributed by atoms with van der Waals surface area (Å²) in [6, 6.07) is 20.6. The van der Waals surface area contributed by atoms with Crippen LogP contribution in [0.25, 0.3) is 16.9 Å². The Kier molecular flexibility index (Phi) is 3.22. The van der Waals surface area contributed by atoms with Crippen molar-refractivity contribution in [1.82, 2.24) is 9.78 Å². The maximum atomic E-state index is 4.59. The molecule has 0 aliphatic rings. The Morgan fingerprint density at radius 1 is 0.947 bits per heavy atom. The van der Waals surface area contributed by atoms with E-state index in [-0.39, 0.29) is 0 Å². The predicted molar refractivity (Wildman–Crippen MR) is 81.4 cm³/mol. The van der Waals surface area contributed by atoms with Gasteiger partial charge in [0, 0.05) is 10.0 Å². The van der Waals surface area contributed by atoms with E-state index in [1.165, 1.54) is 5.56 Å². The van der Waals surface area contributed by atoms with Gasteiger partial charge in [0.2, 0.25) is 0 Å². The number of benzene rings is 2. The smallest absolute Gasteiger partial charge is 0.0743 e. The molecule has 3 heteroatoms. The summed E-state index contributed by atoms with van der Waals surface area (Å²) in [4.78, 5) is 0. The third kappa shape index (κ3) is 2.47. The summed E-state index contributed by atoms with van der Waals surface area (Å²) in [5, 5.41) is 4.59. The Hall–Kier alpha value is -1.87. The molecule has 0 fully saturated rings. The van der Waals surface area contributed by atoms with Crippen molar-refractivity contribution in [2.75, 3.05) is 0 Å². The van der Waals surface area contributed by atoms with E-state index in [1.54, 1.807) is 0 Å². The highest BCUT2D eigenvalue weighted by Gasteiger charge is 2.09. The predicted octanol–water partition coefficient (Wildman–Crippen LogP) is 4.61. The molecule has 19 heavy (non-hydrogen) atoms. The zero-order chi connectivity index (χ0) is 13.2. The minimum Gasteiger partial charge on any atom is -0.233 e. The molecule has 2 aromatic carbocycles. The van der Waals surface area contributed by atoms with Crippen molar-refractivity contribution >= 4 is 15.9 Å². The fourth-order valence-corrected chi connectivity index (χ4v) is 2.36. The Balaban J connectivity index is 2.15. The monoisotopic (exact) mass is 312 g/mol. The second kappa shape index (κ2) is 5.02. The summed E-state index contributed by atoms with van der Waals surface area (Å²) in [5.41, 5.74) is 4.36. The zero-order valence-corrected chi connectivity index (χ0v) is 12.1. The quantitative estimate of drug-likeness (QED) is 0.675. The van der Waals surface area contributed by atoms with Crippen molar-refractivity contribution in [1.29, 1.82) is 0 Å². The van der Waals surface area contributed by atoms with Crippen LogP contribution >= 0.6 is 15.9 Å². The average Bonchev–Trinajstić information content (AvgIpc) is 2.83. The minimum atomic E-state index is 1.02. The lowest BCUT2D eigenvalue weighted by Crippen LogP contribution is -1.98. The topological polar surface area (TPSA) is 17.8 Å². The molecule has 3 rings (SSSR count). The molecule has 1 aromatic heterocycles. The van der Waals surface area contributed by atoms with Crippen LogP contribution in [0.2, 0.25) is 0 Å². The van der Waals surface area contributed by atoms with E-state index in [9.17, 15) is 0 Å². The van der Waals surface area contributed by atoms with Crippen molar-refractivity contribution < 1.29 is 0 Å². The van der Waals surface area contributed by atoms with E-state index in [0.29, 0.717) is 0 Å². The first-order valence-corrected chi connectivity index (χ1v) is 6.91. The maximum Gasteiger partial charge on any atom is 0.0743 e. The average molecular weight is 313 g/mol. The normalized spacial score (nSPS) is 10.6. The first kappa shape index (κ1) is 12.2. The highest BCUT2D eigenvalue weighted by molar-refractivity contribution is 9.10. The van der Waals surface area contributed by atoms with Crippen molar-refractivity contribution in [3.05, 3.63) is 70.8 Å². The van der Waals surface area contributed by atoms with Crippen molar-refractivity contribution in [3.63, 3.8) is 0 Å². The van der Waals surface area contributed by atoms with Crippen LogP contribution in [0.3, 0.4) is 0 Å². The van der Waals surface area contributed by atoms with Gasteiger partial charge in [0.25, 0.3) is 0 Å². The molecule has 3 aromatic rings. The van der Waals surface area contributed by atoms with Crippen LogP contribution < -0.4 is 0 Å². The fraction of sp³-hybridized carbons (Fsp3) is 0.0625. The van der Waals surface area contributed by atoms with Gasteiger partial charge in [-0.05, 0) is 37.3 Å². The number of aromatic nitrogens is 2. The molecular weight excluding hydrogens is 300 g/mol. The lowest BCUT2D eigenvalue weighted by atomic mass is 10.1. The van der Waals surface area contributed by atoms with E-state index in [0.717, 1.165) is 21.5 Å². The Bertz CT molecular complexity index is 685. The van der Waals surface area contributed by atoms with Crippen LogP contribution in [-0.2, 0) is 0 Å². The molecule has 0 atom stereocenters. The number of hydrogen-bond acceptors (Lipinski definition) is 1. The summed E-state index contributed by atoms with van der Waals surface area (Å²) in [6.45, 7) is 2.02. The lowest BCUT2D eigenvalue weighted by Gasteiger charge is -2.07. The zero-order valence-electron chi connectivity index (χ0n) is 10.5. The highest BCUT2D eigenvalue weighted by atomic mass is 79.9. The number of rotatable bonds is 2. The first-order chi connectivity index (χ1) is 9.24. The van der Waals surface area contributed by atoms with Gasteiger partial charge in [0.1, 0.15) is 0 Å². The first-order valence-electron chi connectivity index (χ1n) is 6.12. The molecule has 0 radical (unpaired) electrons. The fourth-order valence-electron chi connectivity index (χ4n) is 2.09. The van der Waals surface area contributed by atoms with E-state index in [4.69, 9.17) is 0 Å². The molecule has 0 unspecified atom stereocenters. The summed E-state index contributed by atoms with van der Waals surface area (Å²) in [6.07, 6.45) is 0. The van der Waals surface area contributed by atoms with Gasteiger partial charge in [-0.25, -0.2) is 4.68 Å².